The average Bonchev–Trinajstić information content (AvgIpc) is 3.16. The van der Waals surface area contributed by atoms with E-state index in [0.29, 0.717) is 23.1 Å². The first-order valence-corrected chi connectivity index (χ1v) is 11.6. The Morgan fingerprint density at radius 2 is 1.76 bits per heavy atom. The molecule has 0 spiro atoms. The number of likely N-dealkylation sites (tertiary alicyclic amines) is 1. The van der Waals surface area contributed by atoms with E-state index >= 15 is 4.39 Å². The standard InChI is InChI=1S/C24H22ClF3N2O2S/c1-24(2,28)20(14-7-17(26)9-18(27)8-14)15-10-30(11-15)21(13-3-5-16(25)6-4-13)22-29-19(12-33-22)23(31)32/h3-9,12,15,20-21H,10-11H2,1-2H3,(H,31,32)/t20-,21+/m1/s1. The molecule has 0 saturated carbocycles. The van der Waals surface area contributed by atoms with Gasteiger partial charge in [0.2, 0.25) is 0 Å². The molecule has 1 aliphatic rings. The van der Waals surface area contributed by atoms with Gasteiger partial charge in [0, 0.05) is 35.5 Å². The van der Waals surface area contributed by atoms with Crippen LogP contribution >= 0.6 is 22.9 Å². The van der Waals surface area contributed by atoms with Crippen LogP contribution in [0.5, 0.6) is 0 Å². The van der Waals surface area contributed by atoms with E-state index in [-0.39, 0.29) is 23.2 Å². The maximum Gasteiger partial charge on any atom is 0.355 e. The lowest BCUT2D eigenvalue weighted by molar-refractivity contribution is 0.00794. The van der Waals surface area contributed by atoms with Crippen molar-refractivity contribution in [3.05, 3.63) is 86.3 Å². The Balaban J connectivity index is 1.64. The van der Waals surface area contributed by atoms with Crippen LogP contribution in [0.3, 0.4) is 0 Å². The van der Waals surface area contributed by atoms with Crippen molar-refractivity contribution < 1.29 is 23.1 Å². The second-order valence-electron chi connectivity index (χ2n) is 8.79. The molecule has 1 fully saturated rings. The van der Waals surface area contributed by atoms with Crippen LogP contribution < -0.4 is 0 Å². The molecule has 1 N–H and O–H groups in total. The molecule has 1 aliphatic heterocycles. The predicted octanol–water partition coefficient (Wildman–Crippen LogP) is 6.33. The van der Waals surface area contributed by atoms with E-state index in [1.54, 1.807) is 12.1 Å². The molecule has 0 radical (unpaired) electrons. The average molecular weight is 495 g/mol. The van der Waals surface area contributed by atoms with Gasteiger partial charge >= 0.3 is 5.97 Å². The molecular formula is C24H22ClF3N2O2S. The molecule has 2 aromatic carbocycles. The number of carboxylic acids is 1. The van der Waals surface area contributed by atoms with E-state index in [1.807, 2.05) is 12.1 Å². The zero-order chi connectivity index (χ0) is 23.9. The molecule has 2 heterocycles. The number of nitrogens with zero attached hydrogens (tertiary/aromatic N) is 2. The largest absolute Gasteiger partial charge is 0.476 e. The molecule has 3 aromatic rings. The fraction of sp³-hybridized carbons (Fsp3) is 0.333. The van der Waals surface area contributed by atoms with E-state index in [9.17, 15) is 18.7 Å². The maximum atomic E-state index is 15.2. The summed E-state index contributed by atoms with van der Waals surface area (Å²) in [5.74, 6) is -3.49. The Kier molecular flexibility index (Phi) is 6.53. The molecule has 4 nitrogen and oxygen atoms in total. The third kappa shape index (κ3) is 5.08. The number of hydrogen-bond donors (Lipinski definition) is 1. The maximum absolute atomic E-state index is 15.2. The number of thiazole rings is 1. The van der Waals surface area contributed by atoms with Crippen LogP contribution in [-0.2, 0) is 0 Å². The lowest BCUT2D eigenvalue weighted by Gasteiger charge is -2.49. The lowest BCUT2D eigenvalue weighted by Crippen LogP contribution is -2.53. The van der Waals surface area contributed by atoms with Crippen LogP contribution in [0.1, 0.15) is 52.4 Å². The Bertz CT molecular complexity index is 1140. The monoisotopic (exact) mass is 494 g/mol. The van der Waals surface area contributed by atoms with Crippen LogP contribution in [0.2, 0.25) is 5.02 Å². The number of rotatable bonds is 7. The summed E-state index contributed by atoms with van der Waals surface area (Å²) >= 11 is 7.27. The summed E-state index contributed by atoms with van der Waals surface area (Å²) in [7, 11) is 0. The second kappa shape index (κ2) is 9.08. The molecule has 0 amide bonds. The summed E-state index contributed by atoms with van der Waals surface area (Å²) in [5.41, 5.74) is -0.583. The van der Waals surface area contributed by atoms with Gasteiger partial charge in [0.25, 0.3) is 0 Å². The van der Waals surface area contributed by atoms with Crippen molar-refractivity contribution in [2.45, 2.75) is 31.5 Å². The fourth-order valence-corrected chi connectivity index (χ4v) is 5.70. The summed E-state index contributed by atoms with van der Waals surface area (Å²) in [6.07, 6.45) is 0. The number of carboxylic acid groups (broad SMARTS) is 1. The first-order chi connectivity index (χ1) is 15.5. The second-order valence-corrected chi connectivity index (χ2v) is 10.1. The van der Waals surface area contributed by atoms with E-state index in [2.05, 4.69) is 9.88 Å². The van der Waals surface area contributed by atoms with Crippen LogP contribution in [-0.4, -0.2) is 39.7 Å². The van der Waals surface area contributed by atoms with Crippen LogP contribution in [0.25, 0.3) is 0 Å². The van der Waals surface area contributed by atoms with Crippen LogP contribution in [0.4, 0.5) is 13.2 Å². The summed E-state index contributed by atoms with van der Waals surface area (Å²) < 4.78 is 43.0. The number of halogens is 4. The van der Waals surface area contributed by atoms with Crippen molar-refractivity contribution in [1.29, 1.82) is 0 Å². The Labute approximate surface area is 198 Å². The molecule has 4 rings (SSSR count). The molecule has 1 aromatic heterocycles. The Hall–Kier alpha value is -2.42. The molecule has 9 heteroatoms. The van der Waals surface area contributed by atoms with Crippen LogP contribution in [0, 0.1) is 17.6 Å². The minimum atomic E-state index is -1.70. The predicted molar refractivity (Wildman–Crippen MR) is 122 cm³/mol. The highest BCUT2D eigenvalue weighted by molar-refractivity contribution is 7.10. The first-order valence-electron chi connectivity index (χ1n) is 10.4. The molecule has 2 atom stereocenters. The number of carbonyl (C=O) groups is 1. The normalized spacial score (nSPS) is 16.9. The summed E-state index contributed by atoms with van der Waals surface area (Å²) in [4.78, 5) is 17.7. The van der Waals surface area contributed by atoms with Gasteiger partial charge in [0.1, 0.15) is 22.3 Å². The van der Waals surface area contributed by atoms with Gasteiger partial charge in [-0.3, -0.25) is 4.90 Å². The van der Waals surface area contributed by atoms with Gasteiger partial charge in [-0.15, -0.1) is 11.3 Å². The molecular weight excluding hydrogens is 473 g/mol. The molecule has 174 valence electrons. The van der Waals surface area contributed by atoms with Gasteiger partial charge < -0.3 is 5.11 Å². The van der Waals surface area contributed by atoms with Gasteiger partial charge in [0.15, 0.2) is 5.69 Å². The smallest absolute Gasteiger partial charge is 0.355 e. The third-order valence-electron chi connectivity index (χ3n) is 5.92. The van der Waals surface area contributed by atoms with Crippen molar-refractivity contribution in [3.8, 4) is 0 Å². The van der Waals surface area contributed by atoms with Crippen molar-refractivity contribution in [1.82, 2.24) is 9.88 Å². The Morgan fingerprint density at radius 3 is 2.27 bits per heavy atom. The zero-order valence-electron chi connectivity index (χ0n) is 17.9. The highest BCUT2D eigenvalue weighted by Gasteiger charge is 2.46. The van der Waals surface area contributed by atoms with Gasteiger partial charge in [-0.25, -0.2) is 22.9 Å². The topological polar surface area (TPSA) is 53.4 Å². The minimum absolute atomic E-state index is 0.0379. The summed E-state index contributed by atoms with van der Waals surface area (Å²) in [6.45, 7) is 3.73. The lowest BCUT2D eigenvalue weighted by atomic mass is 9.72. The highest BCUT2D eigenvalue weighted by Crippen LogP contribution is 2.46. The summed E-state index contributed by atoms with van der Waals surface area (Å²) in [5, 5.41) is 11.9. The van der Waals surface area contributed by atoms with E-state index < -0.39 is 29.2 Å². The SMILES string of the molecule is CC(C)(F)[C@H](c1cc(F)cc(F)c1)C1CN([C@@H](c2ccc(Cl)cc2)c2nc(C(=O)O)cs2)C1. The molecule has 0 unspecified atom stereocenters. The van der Waals surface area contributed by atoms with Gasteiger partial charge in [-0.05, 0) is 55.2 Å². The van der Waals surface area contributed by atoms with Gasteiger partial charge in [0.05, 0.1) is 6.04 Å². The highest BCUT2D eigenvalue weighted by atomic mass is 35.5. The van der Waals surface area contributed by atoms with Crippen molar-refractivity contribution >= 4 is 28.9 Å². The molecule has 1 saturated heterocycles. The molecule has 33 heavy (non-hydrogen) atoms. The van der Waals surface area contributed by atoms with E-state index in [0.717, 1.165) is 11.6 Å². The van der Waals surface area contributed by atoms with Gasteiger partial charge in [-0.1, -0.05) is 23.7 Å². The van der Waals surface area contributed by atoms with E-state index in [4.69, 9.17) is 11.6 Å². The number of aromatic nitrogens is 1. The minimum Gasteiger partial charge on any atom is -0.476 e. The number of alkyl halides is 1. The fourth-order valence-electron chi connectivity index (χ4n) is 4.62. The number of hydrogen-bond acceptors (Lipinski definition) is 4. The summed E-state index contributed by atoms with van der Waals surface area (Å²) in [6, 6.07) is 10.00. The first kappa shape index (κ1) is 23.7. The number of benzene rings is 2. The molecule has 0 aliphatic carbocycles. The number of aromatic carboxylic acids is 1. The van der Waals surface area contributed by atoms with Crippen molar-refractivity contribution in [2.24, 2.45) is 5.92 Å². The van der Waals surface area contributed by atoms with Gasteiger partial charge in [-0.2, -0.15) is 0 Å². The molecule has 0 bridgehead atoms. The Morgan fingerprint density at radius 1 is 1.15 bits per heavy atom. The third-order valence-corrected chi connectivity index (χ3v) is 7.07. The van der Waals surface area contributed by atoms with Crippen molar-refractivity contribution in [2.75, 3.05) is 13.1 Å². The zero-order valence-corrected chi connectivity index (χ0v) is 19.5. The van der Waals surface area contributed by atoms with E-state index in [1.165, 1.54) is 42.7 Å². The van der Waals surface area contributed by atoms with Crippen LogP contribution in [0.15, 0.2) is 47.8 Å². The quantitative estimate of drug-likeness (QED) is 0.417. The van der Waals surface area contributed by atoms with Crippen molar-refractivity contribution in [3.63, 3.8) is 0 Å².